The predicted octanol–water partition coefficient (Wildman–Crippen LogP) is 1.71. The molecule has 2 aromatic rings. The number of nitrogens with one attached hydrogen (secondary N) is 1. The van der Waals surface area contributed by atoms with Gasteiger partial charge in [0.15, 0.2) is 0 Å². The Bertz CT molecular complexity index is 840. The largest absolute Gasteiger partial charge is 0.337 e. The Morgan fingerprint density at radius 2 is 1.63 bits per heavy atom. The van der Waals surface area contributed by atoms with Crippen molar-refractivity contribution in [3.63, 3.8) is 0 Å². The molecular formula is C20H24N4O3. The van der Waals surface area contributed by atoms with Gasteiger partial charge >= 0.3 is 0 Å². The molecule has 142 valence electrons. The van der Waals surface area contributed by atoms with E-state index in [0.717, 1.165) is 12.8 Å². The molecule has 27 heavy (non-hydrogen) atoms. The van der Waals surface area contributed by atoms with Crippen LogP contribution in [0, 0.1) is 0 Å². The summed E-state index contributed by atoms with van der Waals surface area (Å²) in [5, 5.41) is 6.08. The van der Waals surface area contributed by atoms with Gasteiger partial charge in [-0.15, -0.1) is 0 Å². The summed E-state index contributed by atoms with van der Waals surface area (Å²) in [5.74, 6) is -0.237. The lowest BCUT2D eigenvalue weighted by Gasteiger charge is -2.22. The summed E-state index contributed by atoms with van der Waals surface area (Å²) < 4.78 is 0. The minimum absolute atomic E-state index is 0.00508. The van der Waals surface area contributed by atoms with Crippen LogP contribution in [-0.4, -0.2) is 58.0 Å². The van der Waals surface area contributed by atoms with Gasteiger partial charge in [0.05, 0.1) is 0 Å². The van der Waals surface area contributed by atoms with E-state index in [1.165, 1.54) is 17.7 Å². The highest BCUT2D eigenvalue weighted by atomic mass is 16.2. The Hall–Kier alpha value is -2.96. The molecule has 1 aromatic carbocycles. The van der Waals surface area contributed by atoms with E-state index >= 15 is 0 Å². The van der Waals surface area contributed by atoms with Crippen LogP contribution in [0.4, 0.5) is 0 Å². The third-order valence-corrected chi connectivity index (χ3v) is 4.71. The van der Waals surface area contributed by atoms with Crippen LogP contribution in [-0.2, 0) is 6.42 Å². The fraction of sp³-hybridized carbons (Fsp3) is 0.400. The van der Waals surface area contributed by atoms with E-state index in [2.05, 4.69) is 17.1 Å². The van der Waals surface area contributed by atoms with Crippen LogP contribution in [0.25, 0.3) is 0 Å². The van der Waals surface area contributed by atoms with Gasteiger partial charge in [0.1, 0.15) is 5.69 Å². The molecule has 1 fully saturated rings. The van der Waals surface area contributed by atoms with Gasteiger partial charge in [-0.25, -0.2) is 5.10 Å². The molecule has 1 aliphatic heterocycles. The molecule has 0 bridgehead atoms. The molecule has 7 nitrogen and oxygen atoms in total. The lowest BCUT2D eigenvalue weighted by Crippen LogP contribution is -2.37. The highest BCUT2D eigenvalue weighted by Gasteiger charge is 2.24. The van der Waals surface area contributed by atoms with Gasteiger partial charge in [-0.2, -0.15) is 5.10 Å². The van der Waals surface area contributed by atoms with Crippen molar-refractivity contribution >= 4 is 11.8 Å². The number of amides is 2. The standard InChI is InChI=1S/C20H24N4O3/c1-2-4-15-5-7-16(8-6-15)19(26)23-11-3-12-24(14-13-23)20(27)17-9-10-18(25)22-21-17/h5-10H,2-4,11-14H2,1H3,(H,22,25). The van der Waals surface area contributed by atoms with Crippen molar-refractivity contribution in [2.45, 2.75) is 26.2 Å². The van der Waals surface area contributed by atoms with Gasteiger partial charge in [0.25, 0.3) is 17.4 Å². The molecule has 2 amide bonds. The topological polar surface area (TPSA) is 86.4 Å². The second-order valence-electron chi connectivity index (χ2n) is 6.69. The van der Waals surface area contributed by atoms with Crippen LogP contribution in [0.3, 0.4) is 0 Å². The zero-order valence-electron chi connectivity index (χ0n) is 15.5. The molecule has 1 aliphatic rings. The molecule has 0 saturated carbocycles. The van der Waals surface area contributed by atoms with Crippen molar-refractivity contribution < 1.29 is 9.59 Å². The van der Waals surface area contributed by atoms with E-state index in [1.54, 1.807) is 9.80 Å². The Morgan fingerprint density at radius 3 is 2.22 bits per heavy atom. The normalized spacial score (nSPS) is 14.7. The molecule has 1 N–H and O–H groups in total. The molecule has 3 rings (SSSR count). The third kappa shape index (κ3) is 4.61. The molecule has 0 radical (unpaired) electrons. The highest BCUT2D eigenvalue weighted by molar-refractivity contribution is 5.94. The van der Waals surface area contributed by atoms with Crippen LogP contribution in [0.1, 0.15) is 46.2 Å². The summed E-state index contributed by atoms with van der Waals surface area (Å²) in [6.07, 6.45) is 2.79. The molecule has 0 spiro atoms. The number of H-pyrrole nitrogens is 1. The summed E-state index contributed by atoms with van der Waals surface area (Å²) in [7, 11) is 0. The summed E-state index contributed by atoms with van der Waals surface area (Å²) in [6, 6.07) is 10.5. The number of aromatic amines is 1. The Labute approximate surface area is 158 Å². The summed E-state index contributed by atoms with van der Waals surface area (Å²) in [4.78, 5) is 39.9. The second-order valence-corrected chi connectivity index (χ2v) is 6.69. The second kappa shape index (κ2) is 8.62. The first-order valence-electron chi connectivity index (χ1n) is 9.31. The van der Waals surface area contributed by atoms with Gasteiger partial charge in [-0.05, 0) is 36.6 Å². The molecule has 7 heteroatoms. The van der Waals surface area contributed by atoms with E-state index in [9.17, 15) is 14.4 Å². The number of aryl methyl sites for hydroxylation is 1. The molecule has 2 heterocycles. The zero-order chi connectivity index (χ0) is 19.2. The Morgan fingerprint density at radius 1 is 0.963 bits per heavy atom. The lowest BCUT2D eigenvalue weighted by atomic mass is 10.1. The summed E-state index contributed by atoms with van der Waals surface area (Å²) in [6.45, 7) is 4.22. The number of nitrogens with zero attached hydrogens (tertiary/aromatic N) is 3. The lowest BCUT2D eigenvalue weighted by molar-refractivity contribution is 0.0715. The average Bonchev–Trinajstić information content (AvgIpc) is 2.94. The fourth-order valence-electron chi connectivity index (χ4n) is 3.23. The zero-order valence-corrected chi connectivity index (χ0v) is 15.5. The van der Waals surface area contributed by atoms with E-state index < -0.39 is 0 Å². The van der Waals surface area contributed by atoms with Gasteiger partial charge in [-0.1, -0.05) is 25.5 Å². The predicted molar refractivity (Wildman–Crippen MR) is 102 cm³/mol. The number of benzene rings is 1. The van der Waals surface area contributed by atoms with Gasteiger partial charge in [0.2, 0.25) is 0 Å². The maximum absolute atomic E-state index is 12.8. The van der Waals surface area contributed by atoms with Crippen LogP contribution < -0.4 is 5.56 Å². The minimum Gasteiger partial charge on any atom is -0.337 e. The maximum Gasteiger partial charge on any atom is 0.274 e. The molecule has 0 atom stereocenters. The molecule has 1 saturated heterocycles. The Balaban J connectivity index is 1.63. The average molecular weight is 368 g/mol. The van der Waals surface area contributed by atoms with Crippen LogP contribution in [0.15, 0.2) is 41.2 Å². The minimum atomic E-state index is -0.343. The monoisotopic (exact) mass is 368 g/mol. The van der Waals surface area contributed by atoms with Crippen molar-refractivity contribution in [1.82, 2.24) is 20.0 Å². The maximum atomic E-state index is 12.8. The fourth-order valence-corrected chi connectivity index (χ4v) is 3.23. The molecule has 1 aromatic heterocycles. The van der Waals surface area contributed by atoms with Crippen molar-refractivity contribution in [2.24, 2.45) is 0 Å². The van der Waals surface area contributed by atoms with E-state index in [4.69, 9.17) is 0 Å². The SMILES string of the molecule is CCCc1ccc(C(=O)N2CCCN(C(=O)c3ccc(=O)[nH]n3)CC2)cc1. The van der Waals surface area contributed by atoms with Gasteiger partial charge in [0, 0.05) is 37.8 Å². The van der Waals surface area contributed by atoms with Gasteiger partial charge < -0.3 is 9.80 Å². The van der Waals surface area contributed by atoms with Gasteiger partial charge in [-0.3, -0.25) is 14.4 Å². The smallest absolute Gasteiger partial charge is 0.274 e. The molecule has 0 aliphatic carbocycles. The molecule has 0 unspecified atom stereocenters. The first-order chi connectivity index (χ1) is 13.1. The highest BCUT2D eigenvalue weighted by Crippen LogP contribution is 2.13. The van der Waals surface area contributed by atoms with Crippen molar-refractivity contribution in [3.05, 3.63) is 63.6 Å². The number of rotatable bonds is 4. The first kappa shape index (κ1) is 18.8. The quantitative estimate of drug-likeness (QED) is 0.890. The Kier molecular flexibility index (Phi) is 6.01. The number of aromatic nitrogens is 2. The van der Waals surface area contributed by atoms with Crippen molar-refractivity contribution in [2.75, 3.05) is 26.2 Å². The molecular weight excluding hydrogens is 344 g/mol. The van der Waals surface area contributed by atoms with E-state index in [1.807, 2.05) is 24.3 Å². The number of hydrogen-bond acceptors (Lipinski definition) is 4. The van der Waals surface area contributed by atoms with E-state index in [-0.39, 0.29) is 23.1 Å². The van der Waals surface area contributed by atoms with Crippen LogP contribution in [0.5, 0.6) is 0 Å². The summed E-state index contributed by atoms with van der Waals surface area (Å²) >= 11 is 0. The van der Waals surface area contributed by atoms with Crippen LogP contribution in [0.2, 0.25) is 0 Å². The summed E-state index contributed by atoms with van der Waals surface area (Å²) in [5.41, 5.74) is 1.78. The third-order valence-electron chi connectivity index (χ3n) is 4.71. The number of carbonyl (C=O) groups excluding carboxylic acids is 2. The number of hydrogen-bond donors (Lipinski definition) is 1. The van der Waals surface area contributed by atoms with E-state index in [0.29, 0.717) is 38.2 Å². The van der Waals surface area contributed by atoms with Crippen LogP contribution >= 0.6 is 0 Å². The number of carbonyl (C=O) groups is 2. The van der Waals surface area contributed by atoms with Crippen molar-refractivity contribution in [1.29, 1.82) is 0 Å². The van der Waals surface area contributed by atoms with Crippen molar-refractivity contribution in [3.8, 4) is 0 Å². The first-order valence-corrected chi connectivity index (χ1v) is 9.31.